The minimum atomic E-state index is 0.904. The summed E-state index contributed by atoms with van der Waals surface area (Å²) in [6.45, 7) is 0. The highest BCUT2D eigenvalue weighted by Crippen LogP contribution is 2.46. The summed E-state index contributed by atoms with van der Waals surface area (Å²) in [4.78, 5) is 14.3. The van der Waals surface area contributed by atoms with E-state index in [2.05, 4.69) is 70.0 Å². The summed E-state index contributed by atoms with van der Waals surface area (Å²) >= 11 is 0. The highest BCUT2D eigenvalue weighted by molar-refractivity contribution is 6.12. The number of hydrogen-bond donors (Lipinski definition) is 0. The molecule has 0 aliphatic heterocycles. The summed E-state index contributed by atoms with van der Waals surface area (Å²) in [7, 11) is 0. The molecule has 0 saturated heterocycles. The molecule has 0 saturated carbocycles. The first-order chi connectivity index (χ1) is 17.3. The Hall–Kier alpha value is -4.57. The van der Waals surface area contributed by atoms with Crippen LogP contribution in [0.1, 0.15) is 22.3 Å². The lowest BCUT2D eigenvalue weighted by Crippen LogP contribution is -1.93. The standard InChI is InChI=1S/C31H18N4/c1-2-5-21-17(4-1)10-18-11-19-12-20-13-29-27(15-25(20)24(19)14-23(18)21)34-31-30-22(6-3-8-33-30)26-16-32-9-7-28(26)35(29)31/h1-9,11,13-16H,10,12H2. The molecule has 7 aromatic rings. The fraction of sp³-hybridized carbons (Fsp3) is 0.0645. The van der Waals surface area contributed by atoms with Crippen molar-refractivity contribution in [2.45, 2.75) is 12.8 Å². The fourth-order valence-corrected chi connectivity index (χ4v) is 6.39. The number of rotatable bonds is 0. The zero-order valence-corrected chi connectivity index (χ0v) is 18.8. The number of imidazole rings is 1. The van der Waals surface area contributed by atoms with Crippen molar-refractivity contribution in [3.8, 4) is 22.3 Å². The summed E-state index contributed by atoms with van der Waals surface area (Å²) in [5, 5.41) is 2.19. The maximum Gasteiger partial charge on any atom is 0.165 e. The second kappa shape index (κ2) is 6.10. The molecule has 2 aliphatic carbocycles. The first-order valence-corrected chi connectivity index (χ1v) is 12.0. The van der Waals surface area contributed by atoms with Crippen LogP contribution in [-0.2, 0) is 12.8 Å². The molecule has 0 bridgehead atoms. The quantitative estimate of drug-likeness (QED) is 0.243. The molecule has 0 N–H and O–H groups in total. The summed E-state index contributed by atoms with van der Waals surface area (Å²) in [5.74, 6) is 0. The molecule has 3 aromatic carbocycles. The summed E-state index contributed by atoms with van der Waals surface area (Å²) in [5.41, 5.74) is 16.2. The van der Waals surface area contributed by atoms with E-state index in [9.17, 15) is 0 Å². The molecule has 0 amide bonds. The lowest BCUT2D eigenvalue weighted by Gasteiger charge is -2.08. The third-order valence-electron chi connectivity index (χ3n) is 7.92. The molecule has 4 heterocycles. The molecular formula is C31H18N4. The Balaban J connectivity index is 1.35. The van der Waals surface area contributed by atoms with Crippen molar-refractivity contribution in [2.24, 2.45) is 0 Å². The van der Waals surface area contributed by atoms with Crippen LogP contribution in [0.25, 0.3) is 60.7 Å². The minimum absolute atomic E-state index is 0.904. The molecule has 35 heavy (non-hydrogen) atoms. The van der Waals surface area contributed by atoms with Gasteiger partial charge in [0.05, 0.1) is 16.6 Å². The van der Waals surface area contributed by atoms with E-state index in [0.29, 0.717) is 0 Å². The Bertz CT molecular complexity index is 2070. The Morgan fingerprint density at radius 2 is 1.46 bits per heavy atom. The number of benzene rings is 3. The van der Waals surface area contributed by atoms with Crippen LogP contribution in [0, 0.1) is 0 Å². The van der Waals surface area contributed by atoms with Crippen molar-refractivity contribution in [1.29, 1.82) is 0 Å². The van der Waals surface area contributed by atoms with E-state index < -0.39 is 0 Å². The van der Waals surface area contributed by atoms with Crippen LogP contribution in [0.15, 0.2) is 85.3 Å². The van der Waals surface area contributed by atoms with Crippen molar-refractivity contribution in [3.05, 3.63) is 108 Å². The molecule has 4 aromatic heterocycles. The lowest BCUT2D eigenvalue weighted by molar-refractivity contribution is 1.21. The van der Waals surface area contributed by atoms with E-state index in [4.69, 9.17) is 9.97 Å². The summed E-state index contributed by atoms with van der Waals surface area (Å²) in [6, 6.07) is 24.5. The SMILES string of the molecule is c1ccc2c(c1)Cc1cc3c(cc1-2)-c1cc2nc4c5ncccc5c5cnccc5n4c2cc1C3. The molecule has 0 atom stereocenters. The molecule has 0 unspecified atom stereocenters. The minimum Gasteiger partial charge on any atom is -0.290 e. The fourth-order valence-electron chi connectivity index (χ4n) is 6.39. The van der Waals surface area contributed by atoms with Crippen LogP contribution in [0.4, 0.5) is 0 Å². The third kappa shape index (κ3) is 2.20. The van der Waals surface area contributed by atoms with Gasteiger partial charge >= 0.3 is 0 Å². The van der Waals surface area contributed by atoms with E-state index in [1.165, 1.54) is 44.5 Å². The largest absolute Gasteiger partial charge is 0.290 e. The number of fused-ring (bicyclic) bond motifs is 14. The first kappa shape index (κ1) is 17.8. The Kier molecular flexibility index (Phi) is 3.11. The van der Waals surface area contributed by atoms with Gasteiger partial charge in [-0.2, -0.15) is 0 Å². The topological polar surface area (TPSA) is 43.1 Å². The monoisotopic (exact) mass is 446 g/mol. The highest BCUT2D eigenvalue weighted by atomic mass is 15.0. The Morgan fingerprint density at radius 1 is 0.629 bits per heavy atom. The van der Waals surface area contributed by atoms with E-state index in [0.717, 1.165) is 51.3 Å². The summed E-state index contributed by atoms with van der Waals surface area (Å²) in [6.07, 6.45) is 7.64. The van der Waals surface area contributed by atoms with Crippen LogP contribution in [0.3, 0.4) is 0 Å². The van der Waals surface area contributed by atoms with Crippen LogP contribution in [-0.4, -0.2) is 19.4 Å². The molecule has 4 nitrogen and oxygen atoms in total. The smallest absolute Gasteiger partial charge is 0.165 e. The van der Waals surface area contributed by atoms with E-state index >= 15 is 0 Å². The van der Waals surface area contributed by atoms with Crippen molar-refractivity contribution in [2.75, 3.05) is 0 Å². The van der Waals surface area contributed by atoms with E-state index in [1.54, 1.807) is 0 Å². The molecule has 0 fully saturated rings. The molecule has 2 aliphatic rings. The third-order valence-corrected chi connectivity index (χ3v) is 7.92. The van der Waals surface area contributed by atoms with Crippen molar-refractivity contribution in [1.82, 2.24) is 19.4 Å². The maximum atomic E-state index is 5.13. The molecule has 0 radical (unpaired) electrons. The van der Waals surface area contributed by atoms with Crippen LogP contribution >= 0.6 is 0 Å². The number of hydrogen-bond acceptors (Lipinski definition) is 3. The number of pyridine rings is 3. The van der Waals surface area contributed by atoms with Gasteiger partial charge in [0.15, 0.2) is 5.65 Å². The van der Waals surface area contributed by atoms with Gasteiger partial charge in [-0.25, -0.2) is 4.98 Å². The highest BCUT2D eigenvalue weighted by Gasteiger charge is 2.26. The van der Waals surface area contributed by atoms with E-state index in [1.807, 2.05) is 24.7 Å². The van der Waals surface area contributed by atoms with Crippen LogP contribution < -0.4 is 0 Å². The molecule has 162 valence electrons. The van der Waals surface area contributed by atoms with Gasteiger partial charge in [-0.05, 0) is 87.7 Å². The van der Waals surface area contributed by atoms with Crippen molar-refractivity contribution >= 4 is 38.5 Å². The van der Waals surface area contributed by atoms with Gasteiger partial charge in [0, 0.05) is 29.4 Å². The van der Waals surface area contributed by atoms with Crippen molar-refractivity contribution < 1.29 is 0 Å². The normalized spacial score (nSPS) is 13.5. The maximum absolute atomic E-state index is 5.13. The average Bonchev–Trinajstić information content (AvgIpc) is 3.56. The van der Waals surface area contributed by atoms with Gasteiger partial charge < -0.3 is 0 Å². The van der Waals surface area contributed by atoms with Crippen molar-refractivity contribution in [3.63, 3.8) is 0 Å². The first-order valence-electron chi connectivity index (χ1n) is 12.0. The average molecular weight is 447 g/mol. The van der Waals surface area contributed by atoms with Gasteiger partial charge in [0.1, 0.15) is 5.52 Å². The predicted octanol–water partition coefficient (Wildman–Crippen LogP) is 6.73. The second-order valence-corrected chi connectivity index (χ2v) is 9.74. The van der Waals surface area contributed by atoms with Gasteiger partial charge in [-0.15, -0.1) is 0 Å². The Labute approximate surface area is 200 Å². The number of nitrogens with zero attached hydrogens (tertiary/aromatic N) is 4. The van der Waals surface area contributed by atoms with Gasteiger partial charge in [0.25, 0.3) is 0 Å². The number of aromatic nitrogens is 4. The lowest BCUT2D eigenvalue weighted by atomic mass is 9.98. The Morgan fingerprint density at radius 3 is 2.43 bits per heavy atom. The van der Waals surface area contributed by atoms with Gasteiger partial charge in [-0.1, -0.05) is 36.4 Å². The zero-order chi connectivity index (χ0) is 22.7. The van der Waals surface area contributed by atoms with Crippen LogP contribution in [0.5, 0.6) is 0 Å². The molecule has 9 rings (SSSR count). The molecular weight excluding hydrogens is 428 g/mol. The zero-order valence-electron chi connectivity index (χ0n) is 18.8. The van der Waals surface area contributed by atoms with Gasteiger partial charge in [0.2, 0.25) is 0 Å². The second-order valence-electron chi connectivity index (χ2n) is 9.74. The summed E-state index contributed by atoms with van der Waals surface area (Å²) < 4.78 is 2.27. The molecule has 0 spiro atoms. The predicted molar refractivity (Wildman–Crippen MR) is 140 cm³/mol. The van der Waals surface area contributed by atoms with Gasteiger partial charge in [-0.3, -0.25) is 14.4 Å². The molecule has 4 heteroatoms. The van der Waals surface area contributed by atoms with E-state index in [-0.39, 0.29) is 0 Å². The van der Waals surface area contributed by atoms with Crippen LogP contribution in [0.2, 0.25) is 0 Å².